The first-order chi connectivity index (χ1) is 7.71. The highest BCUT2D eigenvalue weighted by Crippen LogP contribution is 2.02. The van der Waals surface area contributed by atoms with E-state index in [-0.39, 0.29) is 0 Å². The summed E-state index contributed by atoms with van der Waals surface area (Å²) in [7, 11) is -4.11. The number of primary sulfonamides is 1. The molecular weight excluding hydrogens is 246 g/mol. The third-order valence-corrected chi connectivity index (χ3v) is 3.14. The van der Waals surface area contributed by atoms with Gasteiger partial charge in [0, 0.05) is 12.7 Å². The third-order valence-electron chi connectivity index (χ3n) is 2.23. The predicted molar refractivity (Wildman–Crippen MR) is 62.2 cm³/mol. The van der Waals surface area contributed by atoms with Gasteiger partial charge in [-0.15, -0.1) is 0 Å². The highest BCUT2D eigenvalue weighted by molar-refractivity contribution is 7.89. The first-order valence-corrected chi connectivity index (χ1v) is 6.63. The fourth-order valence-electron chi connectivity index (χ4n) is 1.26. The van der Waals surface area contributed by atoms with Crippen LogP contribution in [0.4, 0.5) is 0 Å². The maximum atomic E-state index is 11.4. The molecule has 96 valence electrons. The Hall–Kier alpha value is -1.41. The first-order valence-electron chi connectivity index (χ1n) is 5.08. The third kappa shape index (κ3) is 3.53. The van der Waals surface area contributed by atoms with Crippen molar-refractivity contribution in [3.8, 4) is 0 Å². The van der Waals surface area contributed by atoms with Crippen molar-refractivity contribution in [3.63, 3.8) is 0 Å². The summed E-state index contributed by atoms with van der Waals surface area (Å²) in [5.41, 5.74) is -1.62. The summed E-state index contributed by atoms with van der Waals surface area (Å²) >= 11 is 0. The van der Waals surface area contributed by atoms with Crippen LogP contribution in [0.15, 0.2) is 20.7 Å². The van der Waals surface area contributed by atoms with Crippen LogP contribution in [0.2, 0.25) is 0 Å². The molecule has 17 heavy (non-hydrogen) atoms. The molecule has 1 aromatic heterocycles. The van der Waals surface area contributed by atoms with Crippen LogP contribution in [0.3, 0.4) is 0 Å². The SMILES string of the molecule is CC(C)CCn1cc(S(N)(=O)=O)c(=O)[nH]c1=O. The van der Waals surface area contributed by atoms with Gasteiger partial charge in [0.25, 0.3) is 5.56 Å². The number of hydrogen-bond donors (Lipinski definition) is 2. The van der Waals surface area contributed by atoms with Gasteiger partial charge in [0.15, 0.2) is 4.90 Å². The van der Waals surface area contributed by atoms with E-state index >= 15 is 0 Å². The number of H-pyrrole nitrogens is 1. The second-order valence-corrected chi connectivity index (χ2v) is 5.70. The Kier molecular flexibility index (Phi) is 3.89. The van der Waals surface area contributed by atoms with E-state index in [4.69, 9.17) is 5.14 Å². The topological polar surface area (TPSA) is 115 Å². The monoisotopic (exact) mass is 261 g/mol. The maximum absolute atomic E-state index is 11.4. The Morgan fingerprint density at radius 3 is 2.47 bits per heavy atom. The minimum atomic E-state index is -4.11. The average Bonchev–Trinajstić information content (AvgIpc) is 2.13. The van der Waals surface area contributed by atoms with Gasteiger partial charge in [-0.25, -0.2) is 18.4 Å². The number of rotatable bonds is 4. The van der Waals surface area contributed by atoms with Crippen molar-refractivity contribution in [1.29, 1.82) is 0 Å². The van der Waals surface area contributed by atoms with Gasteiger partial charge in [0.2, 0.25) is 10.0 Å². The van der Waals surface area contributed by atoms with E-state index in [1.807, 2.05) is 18.8 Å². The smallest absolute Gasteiger partial charge is 0.299 e. The van der Waals surface area contributed by atoms with Crippen molar-refractivity contribution in [2.24, 2.45) is 11.1 Å². The number of aryl methyl sites for hydroxylation is 1. The van der Waals surface area contributed by atoms with Gasteiger partial charge in [-0.1, -0.05) is 13.8 Å². The summed E-state index contributed by atoms with van der Waals surface area (Å²) in [5.74, 6) is 0.353. The number of aromatic nitrogens is 2. The second-order valence-electron chi connectivity index (χ2n) is 4.17. The maximum Gasteiger partial charge on any atom is 0.328 e. The molecule has 1 aromatic rings. The number of nitrogens with one attached hydrogen (secondary N) is 1. The average molecular weight is 261 g/mol. The second kappa shape index (κ2) is 4.84. The van der Waals surface area contributed by atoms with Crippen molar-refractivity contribution in [1.82, 2.24) is 9.55 Å². The summed E-state index contributed by atoms with van der Waals surface area (Å²) in [4.78, 5) is 24.0. The molecular formula is C9H15N3O4S. The quantitative estimate of drug-likeness (QED) is 0.740. The Morgan fingerprint density at radius 2 is 2.00 bits per heavy atom. The fourth-order valence-corrected chi connectivity index (χ4v) is 1.84. The van der Waals surface area contributed by atoms with Gasteiger partial charge in [0.05, 0.1) is 0 Å². The van der Waals surface area contributed by atoms with Crippen LogP contribution >= 0.6 is 0 Å². The molecule has 1 heterocycles. The van der Waals surface area contributed by atoms with Gasteiger partial charge < -0.3 is 0 Å². The molecule has 0 spiro atoms. The lowest BCUT2D eigenvalue weighted by Gasteiger charge is -2.08. The molecule has 8 heteroatoms. The summed E-state index contributed by atoms with van der Waals surface area (Å²) in [6, 6.07) is 0. The molecule has 0 atom stereocenters. The van der Waals surface area contributed by atoms with E-state index in [2.05, 4.69) is 0 Å². The van der Waals surface area contributed by atoms with Gasteiger partial charge in [-0.05, 0) is 12.3 Å². The molecule has 0 saturated carbocycles. The van der Waals surface area contributed by atoms with Crippen LogP contribution in [0.25, 0.3) is 0 Å². The van der Waals surface area contributed by atoms with Crippen LogP contribution in [0.1, 0.15) is 20.3 Å². The first kappa shape index (κ1) is 13.7. The van der Waals surface area contributed by atoms with Gasteiger partial charge in [-0.2, -0.15) is 0 Å². The van der Waals surface area contributed by atoms with Crippen molar-refractivity contribution in [2.75, 3.05) is 0 Å². The predicted octanol–water partition coefficient (Wildman–Crippen LogP) is -0.770. The minimum absolute atomic E-state index is 0.329. The Balaban J connectivity index is 3.26. The van der Waals surface area contributed by atoms with E-state index in [0.717, 1.165) is 10.8 Å². The molecule has 0 saturated heterocycles. The van der Waals surface area contributed by atoms with E-state index in [1.54, 1.807) is 0 Å². The number of hydrogen-bond acceptors (Lipinski definition) is 4. The normalized spacial score (nSPS) is 12.0. The molecule has 0 aliphatic carbocycles. The molecule has 0 unspecified atom stereocenters. The summed E-state index contributed by atoms with van der Waals surface area (Å²) in [5, 5.41) is 4.87. The lowest BCUT2D eigenvalue weighted by molar-refractivity contribution is 0.496. The lowest BCUT2D eigenvalue weighted by Crippen LogP contribution is -2.34. The Bertz CT molecular complexity index is 612. The standard InChI is InChI=1S/C9H15N3O4S/c1-6(2)3-4-12-5-7(17(10,15)16)8(13)11-9(12)14/h5-6H,3-4H2,1-2H3,(H2,10,15,16)(H,11,13,14). The summed E-state index contributed by atoms with van der Waals surface area (Å²) < 4.78 is 23.3. The summed E-state index contributed by atoms with van der Waals surface area (Å²) in [6.45, 7) is 4.27. The fraction of sp³-hybridized carbons (Fsp3) is 0.556. The zero-order valence-corrected chi connectivity index (χ0v) is 10.5. The van der Waals surface area contributed by atoms with Gasteiger partial charge in [-0.3, -0.25) is 14.3 Å². The van der Waals surface area contributed by atoms with Crippen molar-refractivity contribution in [2.45, 2.75) is 31.7 Å². The Labute approximate surface area is 98.3 Å². The minimum Gasteiger partial charge on any atom is -0.299 e. The van der Waals surface area contributed by atoms with E-state index in [9.17, 15) is 18.0 Å². The number of aromatic amines is 1. The largest absolute Gasteiger partial charge is 0.328 e. The van der Waals surface area contributed by atoms with Crippen molar-refractivity contribution >= 4 is 10.0 Å². The molecule has 0 fully saturated rings. The van der Waals surface area contributed by atoms with Crippen molar-refractivity contribution in [3.05, 3.63) is 27.0 Å². The van der Waals surface area contributed by atoms with E-state index in [0.29, 0.717) is 18.9 Å². The lowest BCUT2D eigenvalue weighted by atomic mass is 10.1. The highest BCUT2D eigenvalue weighted by atomic mass is 32.2. The van der Waals surface area contributed by atoms with E-state index in [1.165, 1.54) is 0 Å². The molecule has 0 aromatic carbocycles. The molecule has 0 amide bonds. The summed E-state index contributed by atoms with van der Waals surface area (Å²) in [6.07, 6.45) is 1.68. The van der Waals surface area contributed by atoms with Crippen LogP contribution in [0.5, 0.6) is 0 Å². The van der Waals surface area contributed by atoms with Crippen LogP contribution in [-0.2, 0) is 16.6 Å². The zero-order valence-electron chi connectivity index (χ0n) is 9.63. The molecule has 3 N–H and O–H groups in total. The number of sulfonamides is 1. The van der Waals surface area contributed by atoms with Gasteiger partial charge >= 0.3 is 5.69 Å². The molecule has 1 rings (SSSR count). The molecule has 0 aliphatic heterocycles. The zero-order chi connectivity index (χ0) is 13.2. The number of nitrogens with zero attached hydrogens (tertiary/aromatic N) is 1. The molecule has 0 bridgehead atoms. The van der Waals surface area contributed by atoms with Crippen LogP contribution in [0, 0.1) is 5.92 Å². The van der Waals surface area contributed by atoms with Crippen LogP contribution in [-0.4, -0.2) is 18.0 Å². The molecule has 7 nitrogen and oxygen atoms in total. The molecule has 0 aliphatic rings. The highest BCUT2D eigenvalue weighted by Gasteiger charge is 2.15. The van der Waals surface area contributed by atoms with Crippen molar-refractivity contribution < 1.29 is 8.42 Å². The number of nitrogens with two attached hydrogens (primary N) is 1. The van der Waals surface area contributed by atoms with E-state index < -0.39 is 26.2 Å². The molecule has 0 radical (unpaired) electrons. The Morgan fingerprint density at radius 1 is 1.41 bits per heavy atom. The van der Waals surface area contributed by atoms with Crippen LogP contribution < -0.4 is 16.4 Å². The van der Waals surface area contributed by atoms with Gasteiger partial charge in [0.1, 0.15) is 0 Å².